The van der Waals surface area contributed by atoms with Crippen LogP contribution in [0.5, 0.6) is 5.75 Å². The Bertz CT molecular complexity index is 1970. The van der Waals surface area contributed by atoms with E-state index in [0.29, 0.717) is 39.8 Å². The first-order chi connectivity index (χ1) is 23.8. The van der Waals surface area contributed by atoms with E-state index in [-0.39, 0.29) is 17.3 Å². The van der Waals surface area contributed by atoms with E-state index in [2.05, 4.69) is 16.0 Å². The molecule has 0 spiro atoms. The smallest absolute Gasteiger partial charge is 0.272 e. The summed E-state index contributed by atoms with van der Waals surface area (Å²) in [6, 6.07) is 37.6. The normalized spacial score (nSPS) is 11.6. The number of nitro groups is 1. The second-order valence-electron chi connectivity index (χ2n) is 10.5. The van der Waals surface area contributed by atoms with Crippen LogP contribution in [0, 0.1) is 10.1 Å². The first-order valence-electron chi connectivity index (χ1n) is 15.3. The number of hydrogen-bond donors (Lipinski definition) is 3. The van der Waals surface area contributed by atoms with Gasteiger partial charge in [0, 0.05) is 28.3 Å². The van der Waals surface area contributed by atoms with Crippen LogP contribution in [-0.2, 0) is 9.59 Å². The molecule has 0 saturated heterocycles. The fraction of sp³-hybridized carbons (Fsp3) is 0.0789. The van der Waals surface area contributed by atoms with E-state index in [4.69, 9.17) is 4.74 Å². The molecule has 0 aromatic heterocycles. The molecule has 1 unspecified atom stereocenters. The van der Waals surface area contributed by atoms with Gasteiger partial charge in [-0.25, -0.2) is 0 Å². The fourth-order valence-corrected chi connectivity index (χ4v) is 5.82. The number of nitro benzene ring substituents is 1. The lowest BCUT2D eigenvalue weighted by molar-refractivity contribution is -0.384. The number of rotatable bonds is 13. The Hall–Kier alpha value is -6.20. The number of benzene rings is 5. The van der Waals surface area contributed by atoms with Gasteiger partial charge in [-0.3, -0.25) is 24.5 Å². The summed E-state index contributed by atoms with van der Waals surface area (Å²) in [5.74, 6) is -0.808. The van der Waals surface area contributed by atoms with Crippen LogP contribution < -0.4 is 20.7 Å². The topological polar surface area (TPSA) is 140 Å². The third-order valence-electron chi connectivity index (χ3n) is 7.07. The highest BCUT2D eigenvalue weighted by Gasteiger charge is 2.24. The zero-order chi connectivity index (χ0) is 34.6. The third kappa shape index (κ3) is 9.43. The van der Waals surface area contributed by atoms with Gasteiger partial charge >= 0.3 is 0 Å². The molecule has 0 aliphatic rings. The van der Waals surface area contributed by atoms with Crippen LogP contribution in [0.15, 0.2) is 144 Å². The number of non-ortho nitro benzene ring substituents is 1. The lowest BCUT2D eigenvalue weighted by atomic mass is 10.1. The Kier molecular flexibility index (Phi) is 11.5. The summed E-state index contributed by atoms with van der Waals surface area (Å²) in [6.45, 7) is 2.32. The van der Waals surface area contributed by atoms with E-state index >= 15 is 0 Å². The lowest BCUT2D eigenvalue weighted by Crippen LogP contribution is -2.30. The molecule has 0 saturated carbocycles. The predicted molar refractivity (Wildman–Crippen MR) is 191 cm³/mol. The maximum Gasteiger partial charge on any atom is 0.272 e. The van der Waals surface area contributed by atoms with Crippen LogP contribution in [0.4, 0.5) is 17.1 Å². The highest BCUT2D eigenvalue weighted by Crippen LogP contribution is 2.38. The van der Waals surface area contributed by atoms with Gasteiger partial charge in [-0.05, 0) is 78.7 Å². The number of carbonyl (C=O) groups is 3. The molecule has 3 amide bonds. The molecule has 0 heterocycles. The van der Waals surface area contributed by atoms with Gasteiger partial charge in [0.1, 0.15) is 16.7 Å². The van der Waals surface area contributed by atoms with Crippen molar-refractivity contribution in [2.24, 2.45) is 0 Å². The number of anilines is 2. The van der Waals surface area contributed by atoms with Crippen LogP contribution in [0.2, 0.25) is 0 Å². The Morgan fingerprint density at radius 2 is 1.49 bits per heavy atom. The number of thioether (sulfide) groups is 1. The fourth-order valence-electron chi connectivity index (χ4n) is 4.73. The standard InChI is InChI=1S/C38H32N4O6S/c1-2-48-34-19-10-9-18-32(34)40-38(45)35(27-12-5-3-6-13-27)49-31-17-11-16-29(25-31)39-37(44)33(41-36(43)28-14-7-4-8-15-28)24-26-20-22-30(23-21-26)42(46)47/h3-25,35H,2H2,1H3,(H,39,44)(H,40,45)(H,41,43)/b33-24+. The number of amides is 3. The van der Waals surface area contributed by atoms with Crippen LogP contribution in [0.1, 0.15) is 33.7 Å². The van der Waals surface area contributed by atoms with Crippen molar-refractivity contribution in [3.05, 3.63) is 166 Å². The molecule has 10 nitrogen and oxygen atoms in total. The molecule has 0 bridgehead atoms. The van der Waals surface area contributed by atoms with Crippen LogP contribution >= 0.6 is 11.8 Å². The maximum absolute atomic E-state index is 13.7. The summed E-state index contributed by atoms with van der Waals surface area (Å²) in [4.78, 5) is 51.7. The summed E-state index contributed by atoms with van der Waals surface area (Å²) in [5, 5.41) is 19.0. The minimum atomic E-state index is -0.649. The van der Waals surface area contributed by atoms with Gasteiger partial charge < -0.3 is 20.7 Å². The molecular formula is C38H32N4O6S. The van der Waals surface area contributed by atoms with Gasteiger partial charge in [0.2, 0.25) is 5.91 Å². The Balaban J connectivity index is 1.38. The molecule has 0 radical (unpaired) electrons. The summed E-state index contributed by atoms with van der Waals surface area (Å²) < 4.78 is 5.70. The van der Waals surface area contributed by atoms with Crippen LogP contribution in [0.25, 0.3) is 6.08 Å². The number of carbonyl (C=O) groups excluding carboxylic acids is 3. The van der Waals surface area contributed by atoms with Crippen molar-refractivity contribution >= 4 is 52.6 Å². The largest absolute Gasteiger partial charge is 0.492 e. The number of ether oxygens (including phenoxy) is 1. The van der Waals surface area contributed by atoms with Crippen molar-refractivity contribution < 1.29 is 24.0 Å². The van der Waals surface area contributed by atoms with E-state index in [1.54, 1.807) is 60.7 Å². The van der Waals surface area contributed by atoms with Crippen LogP contribution in [-0.4, -0.2) is 29.3 Å². The van der Waals surface area contributed by atoms with E-state index in [9.17, 15) is 24.5 Å². The van der Waals surface area contributed by atoms with E-state index in [1.807, 2.05) is 55.5 Å². The monoisotopic (exact) mass is 672 g/mol. The molecule has 0 aliphatic carbocycles. The third-order valence-corrected chi connectivity index (χ3v) is 8.32. The van der Waals surface area contributed by atoms with Crippen molar-refractivity contribution in [1.82, 2.24) is 5.32 Å². The average molecular weight is 673 g/mol. The molecule has 0 aliphatic heterocycles. The average Bonchev–Trinajstić information content (AvgIpc) is 3.12. The second-order valence-corrected chi connectivity index (χ2v) is 11.7. The maximum atomic E-state index is 13.7. The molecule has 5 rings (SSSR count). The second kappa shape index (κ2) is 16.6. The van der Waals surface area contributed by atoms with E-state index in [1.165, 1.54) is 42.1 Å². The van der Waals surface area contributed by atoms with E-state index in [0.717, 1.165) is 5.56 Å². The molecule has 0 fully saturated rings. The summed E-state index contributed by atoms with van der Waals surface area (Å²) in [7, 11) is 0. The zero-order valence-electron chi connectivity index (χ0n) is 26.4. The van der Waals surface area contributed by atoms with Crippen molar-refractivity contribution in [3.63, 3.8) is 0 Å². The predicted octanol–water partition coefficient (Wildman–Crippen LogP) is 7.88. The van der Waals surface area contributed by atoms with Gasteiger partial charge in [0.05, 0.1) is 17.2 Å². The Morgan fingerprint density at radius 1 is 0.816 bits per heavy atom. The Morgan fingerprint density at radius 3 is 2.18 bits per heavy atom. The van der Waals surface area contributed by atoms with Crippen molar-refractivity contribution in [1.29, 1.82) is 0 Å². The summed E-state index contributed by atoms with van der Waals surface area (Å²) in [6.07, 6.45) is 1.44. The van der Waals surface area contributed by atoms with Gasteiger partial charge in [-0.1, -0.05) is 66.7 Å². The molecule has 5 aromatic carbocycles. The molecule has 49 heavy (non-hydrogen) atoms. The van der Waals surface area contributed by atoms with Crippen molar-refractivity contribution in [2.45, 2.75) is 17.1 Å². The number of para-hydroxylation sites is 2. The molecular weight excluding hydrogens is 641 g/mol. The lowest BCUT2D eigenvalue weighted by Gasteiger charge is -2.19. The molecule has 11 heteroatoms. The highest BCUT2D eigenvalue weighted by molar-refractivity contribution is 8.00. The quantitative estimate of drug-likeness (QED) is 0.0500. The minimum Gasteiger partial charge on any atom is -0.492 e. The molecule has 246 valence electrons. The number of nitrogens with zero attached hydrogens (tertiary/aromatic N) is 1. The molecule has 3 N–H and O–H groups in total. The molecule has 1 atom stereocenters. The van der Waals surface area contributed by atoms with Crippen molar-refractivity contribution in [3.8, 4) is 5.75 Å². The van der Waals surface area contributed by atoms with Gasteiger partial charge in [-0.15, -0.1) is 11.8 Å². The van der Waals surface area contributed by atoms with Gasteiger partial charge in [-0.2, -0.15) is 0 Å². The number of hydrogen-bond acceptors (Lipinski definition) is 7. The molecule has 5 aromatic rings. The zero-order valence-corrected chi connectivity index (χ0v) is 27.2. The first-order valence-corrected chi connectivity index (χ1v) is 16.2. The van der Waals surface area contributed by atoms with Gasteiger partial charge in [0.25, 0.3) is 17.5 Å². The number of nitrogens with one attached hydrogen (secondary N) is 3. The minimum absolute atomic E-state index is 0.0738. The van der Waals surface area contributed by atoms with Crippen LogP contribution in [0.3, 0.4) is 0 Å². The van der Waals surface area contributed by atoms with Gasteiger partial charge in [0.15, 0.2) is 0 Å². The van der Waals surface area contributed by atoms with Crippen molar-refractivity contribution in [2.75, 3.05) is 17.2 Å². The SMILES string of the molecule is CCOc1ccccc1NC(=O)C(Sc1cccc(NC(=O)/C(=C\c2ccc([N+](=O)[O-])cc2)NC(=O)c2ccccc2)c1)c1ccccc1. The highest BCUT2D eigenvalue weighted by atomic mass is 32.2. The first kappa shape index (κ1) is 34.1. The summed E-state index contributed by atoms with van der Waals surface area (Å²) in [5.41, 5.74) is 2.40. The Labute approximate surface area is 287 Å². The summed E-state index contributed by atoms with van der Waals surface area (Å²) >= 11 is 1.31. The van der Waals surface area contributed by atoms with E-state index < -0.39 is 22.0 Å².